The minimum Gasteiger partial charge on any atom is -0.456 e. The molecule has 3 nitrogen and oxygen atoms in total. The number of aryl methyl sites for hydroxylation is 1. The smallest absolute Gasteiger partial charge is 0.355 e. The molecule has 0 bridgehead atoms. The number of hydrogen-bond donors (Lipinski definition) is 0. The number of esters is 1. The van der Waals surface area contributed by atoms with E-state index in [0.717, 1.165) is 16.9 Å². The molecule has 3 rings (SSSR count). The van der Waals surface area contributed by atoms with Crippen LogP contribution < -0.4 is 0 Å². The van der Waals surface area contributed by atoms with Gasteiger partial charge in [-0.2, -0.15) is 0 Å². The van der Waals surface area contributed by atoms with E-state index in [1.807, 2.05) is 41.8 Å². The van der Waals surface area contributed by atoms with Crippen LogP contribution in [0.1, 0.15) is 21.7 Å². The molecule has 0 atom stereocenters. The van der Waals surface area contributed by atoms with Gasteiger partial charge in [0, 0.05) is 11.3 Å². The van der Waals surface area contributed by atoms with Crippen LogP contribution in [-0.4, -0.2) is 10.5 Å². The highest BCUT2D eigenvalue weighted by Gasteiger charge is 2.21. The Hall–Kier alpha value is -2.03. The highest BCUT2D eigenvalue weighted by atomic mass is 16.5. The van der Waals surface area contributed by atoms with Gasteiger partial charge in [-0.15, -0.1) is 0 Å². The second kappa shape index (κ2) is 3.23. The summed E-state index contributed by atoms with van der Waals surface area (Å²) < 4.78 is 7.16. The topological polar surface area (TPSA) is 31.2 Å². The van der Waals surface area contributed by atoms with Gasteiger partial charge in [0.1, 0.15) is 12.3 Å². The summed E-state index contributed by atoms with van der Waals surface area (Å²) in [5.41, 5.74) is 3.71. The number of hydrogen-bond acceptors (Lipinski definition) is 2. The van der Waals surface area contributed by atoms with Gasteiger partial charge in [0.05, 0.1) is 5.69 Å². The Morgan fingerprint density at radius 2 is 2.00 bits per heavy atom. The van der Waals surface area contributed by atoms with E-state index in [9.17, 15) is 4.79 Å². The highest BCUT2D eigenvalue weighted by molar-refractivity contribution is 5.89. The Bertz CT molecular complexity index is 569. The molecule has 0 spiro atoms. The molecule has 1 aliphatic heterocycles. The highest BCUT2D eigenvalue weighted by Crippen LogP contribution is 2.25. The van der Waals surface area contributed by atoms with Crippen LogP contribution in [0.3, 0.4) is 0 Å². The summed E-state index contributed by atoms with van der Waals surface area (Å²) in [6.07, 6.45) is 0. The first-order chi connectivity index (χ1) is 7.77. The molecular formula is C13H11NO2. The average molecular weight is 213 g/mol. The SMILES string of the molecule is Cc1ccc2n1-c1ccccc1COC2=O. The van der Waals surface area contributed by atoms with Gasteiger partial charge in [0.25, 0.3) is 0 Å². The van der Waals surface area contributed by atoms with Crippen LogP contribution in [-0.2, 0) is 11.3 Å². The molecule has 1 aromatic heterocycles. The minimum absolute atomic E-state index is 0.260. The van der Waals surface area contributed by atoms with Crippen molar-refractivity contribution in [3.05, 3.63) is 53.3 Å². The summed E-state index contributed by atoms with van der Waals surface area (Å²) in [6.45, 7) is 2.33. The standard InChI is InChI=1S/C13H11NO2/c1-9-6-7-12-13(15)16-8-10-4-2-3-5-11(10)14(9)12/h2-7H,8H2,1H3. The predicted octanol–water partition coefficient (Wildman–Crippen LogP) is 2.46. The molecule has 0 N–H and O–H groups in total. The molecule has 0 radical (unpaired) electrons. The van der Waals surface area contributed by atoms with Gasteiger partial charge in [0.2, 0.25) is 0 Å². The minimum atomic E-state index is -0.260. The molecule has 16 heavy (non-hydrogen) atoms. The molecule has 0 amide bonds. The van der Waals surface area contributed by atoms with Crippen LogP contribution in [0, 0.1) is 6.92 Å². The van der Waals surface area contributed by atoms with Crippen molar-refractivity contribution in [3.8, 4) is 5.69 Å². The van der Waals surface area contributed by atoms with Crippen molar-refractivity contribution in [3.63, 3.8) is 0 Å². The molecule has 0 saturated heterocycles. The number of benzene rings is 1. The summed E-state index contributed by atoms with van der Waals surface area (Å²) in [4.78, 5) is 11.7. The summed E-state index contributed by atoms with van der Waals surface area (Å²) in [7, 11) is 0. The van der Waals surface area contributed by atoms with Crippen molar-refractivity contribution in [2.24, 2.45) is 0 Å². The van der Waals surface area contributed by atoms with Gasteiger partial charge in [0.15, 0.2) is 0 Å². The van der Waals surface area contributed by atoms with Gasteiger partial charge < -0.3 is 9.30 Å². The molecule has 0 saturated carbocycles. The van der Waals surface area contributed by atoms with Gasteiger partial charge in [-0.3, -0.25) is 0 Å². The molecule has 0 aliphatic carbocycles. The van der Waals surface area contributed by atoms with E-state index >= 15 is 0 Å². The van der Waals surface area contributed by atoms with E-state index in [2.05, 4.69) is 0 Å². The van der Waals surface area contributed by atoms with Crippen LogP contribution in [0.5, 0.6) is 0 Å². The molecule has 2 aromatic rings. The number of aromatic nitrogens is 1. The lowest BCUT2D eigenvalue weighted by molar-refractivity contribution is 0.0473. The average Bonchev–Trinajstić information content (AvgIpc) is 2.61. The molecule has 2 heterocycles. The van der Waals surface area contributed by atoms with Gasteiger partial charge >= 0.3 is 5.97 Å². The van der Waals surface area contributed by atoms with E-state index in [4.69, 9.17) is 4.74 Å². The van der Waals surface area contributed by atoms with Gasteiger partial charge in [-0.1, -0.05) is 18.2 Å². The first-order valence-electron chi connectivity index (χ1n) is 5.21. The van der Waals surface area contributed by atoms with Crippen molar-refractivity contribution in [1.82, 2.24) is 4.57 Å². The largest absolute Gasteiger partial charge is 0.456 e. The van der Waals surface area contributed by atoms with Crippen molar-refractivity contribution >= 4 is 5.97 Å². The molecule has 0 fully saturated rings. The number of cyclic esters (lactones) is 1. The quantitative estimate of drug-likeness (QED) is 0.629. The number of nitrogens with zero attached hydrogens (tertiary/aromatic N) is 1. The van der Waals surface area contributed by atoms with E-state index < -0.39 is 0 Å². The van der Waals surface area contributed by atoms with E-state index in [0.29, 0.717) is 12.3 Å². The Morgan fingerprint density at radius 3 is 2.88 bits per heavy atom. The van der Waals surface area contributed by atoms with Gasteiger partial charge in [-0.25, -0.2) is 4.79 Å². The fraction of sp³-hybridized carbons (Fsp3) is 0.154. The molecule has 0 unspecified atom stereocenters. The third-order valence-electron chi connectivity index (χ3n) is 2.88. The number of rotatable bonds is 0. The Morgan fingerprint density at radius 1 is 1.19 bits per heavy atom. The van der Waals surface area contributed by atoms with Crippen LogP contribution in [0.2, 0.25) is 0 Å². The van der Waals surface area contributed by atoms with Crippen molar-refractivity contribution < 1.29 is 9.53 Å². The predicted molar refractivity (Wildman–Crippen MR) is 59.6 cm³/mol. The molecule has 1 aliphatic rings. The first kappa shape index (κ1) is 9.21. The normalized spacial score (nSPS) is 13.7. The summed E-state index contributed by atoms with van der Waals surface area (Å²) in [6, 6.07) is 11.7. The van der Waals surface area contributed by atoms with Gasteiger partial charge in [-0.05, 0) is 25.1 Å². The molecule has 3 heteroatoms. The van der Waals surface area contributed by atoms with Crippen molar-refractivity contribution in [1.29, 1.82) is 0 Å². The van der Waals surface area contributed by atoms with Crippen LogP contribution in [0.25, 0.3) is 5.69 Å². The second-order valence-corrected chi connectivity index (χ2v) is 3.90. The Labute approximate surface area is 93.3 Å². The third kappa shape index (κ3) is 1.18. The lowest BCUT2D eigenvalue weighted by atomic mass is 10.2. The Balaban J connectivity index is 2.35. The number of carbonyl (C=O) groups excluding carboxylic acids is 1. The van der Waals surface area contributed by atoms with E-state index in [1.54, 1.807) is 6.07 Å². The van der Waals surface area contributed by atoms with E-state index in [-0.39, 0.29) is 5.97 Å². The van der Waals surface area contributed by atoms with Crippen LogP contribution >= 0.6 is 0 Å². The number of ether oxygens (including phenoxy) is 1. The zero-order valence-corrected chi connectivity index (χ0v) is 8.93. The summed E-state index contributed by atoms with van der Waals surface area (Å²) in [5.74, 6) is -0.260. The maximum Gasteiger partial charge on any atom is 0.355 e. The Kier molecular flexibility index (Phi) is 1.86. The second-order valence-electron chi connectivity index (χ2n) is 3.90. The molecular weight excluding hydrogens is 202 g/mol. The lowest BCUT2D eigenvalue weighted by Gasteiger charge is -2.09. The fourth-order valence-electron chi connectivity index (χ4n) is 2.09. The van der Waals surface area contributed by atoms with Crippen LogP contribution in [0.15, 0.2) is 36.4 Å². The first-order valence-corrected chi connectivity index (χ1v) is 5.21. The monoisotopic (exact) mass is 213 g/mol. The number of fused-ring (bicyclic) bond motifs is 3. The zero-order valence-electron chi connectivity index (χ0n) is 8.93. The molecule has 80 valence electrons. The van der Waals surface area contributed by atoms with Crippen LogP contribution in [0.4, 0.5) is 0 Å². The lowest BCUT2D eigenvalue weighted by Crippen LogP contribution is -2.07. The fourth-order valence-corrected chi connectivity index (χ4v) is 2.09. The maximum atomic E-state index is 11.7. The third-order valence-corrected chi connectivity index (χ3v) is 2.88. The summed E-state index contributed by atoms with van der Waals surface area (Å²) >= 11 is 0. The van der Waals surface area contributed by atoms with Crippen molar-refractivity contribution in [2.75, 3.05) is 0 Å². The molecule has 1 aromatic carbocycles. The number of para-hydroxylation sites is 1. The maximum absolute atomic E-state index is 11.7. The zero-order chi connectivity index (χ0) is 11.1. The summed E-state index contributed by atoms with van der Waals surface area (Å²) in [5, 5.41) is 0. The number of carbonyl (C=O) groups is 1. The van der Waals surface area contributed by atoms with Crippen molar-refractivity contribution in [2.45, 2.75) is 13.5 Å². The van der Waals surface area contributed by atoms with E-state index in [1.165, 1.54) is 0 Å².